The average molecular weight is 227 g/mol. The Morgan fingerprint density at radius 3 is 3.14 bits per heavy atom. The van der Waals surface area contributed by atoms with E-state index in [9.17, 15) is 0 Å². The van der Waals surface area contributed by atoms with Gasteiger partial charge in [-0.05, 0) is 18.1 Å². The molecule has 0 saturated heterocycles. The molecule has 1 aromatic heterocycles. The third kappa shape index (κ3) is 3.21. The second-order valence-corrected chi connectivity index (χ2v) is 4.36. The second kappa shape index (κ2) is 5.90. The molecule has 0 spiro atoms. The van der Waals surface area contributed by atoms with Crippen molar-refractivity contribution >= 4 is 23.4 Å². The number of nitriles is 1. The molecule has 4 heteroatoms. The molecule has 0 fully saturated rings. The highest BCUT2D eigenvalue weighted by Crippen LogP contribution is 2.21. The van der Waals surface area contributed by atoms with Gasteiger partial charge in [0.05, 0.1) is 5.56 Å². The number of thioether (sulfide) groups is 1. The van der Waals surface area contributed by atoms with Crippen LogP contribution in [0.25, 0.3) is 0 Å². The fourth-order valence-electron chi connectivity index (χ4n) is 0.857. The average Bonchev–Trinajstić information content (AvgIpc) is 2.26. The Balaban J connectivity index is 2.63. The summed E-state index contributed by atoms with van der Waals surface area (Å²) in [5.74, 6) is 1.98. The van der Waals surface area contributed by atoms with E-state index in [1.54, 1.807) is 30.1 Å². The fraction of sp³-hybridized carbons (Fsp3) is 0.400. The van der Waals surface area contributed by atoms with Gasteiger partial charge in [-0.25, -0.2) is 4.98 Å². The Hall–Kier alpha value is -0.720. The first-order valence-electron chi connectivity index (χ1n) is 4.31. The summed E-state index contributed by atoms with van der Waals surface area (Å²) < 4.78 is 0. The summed E-state index contributed by atoms with van der Waals surface area (Å²) in [5, 5.41) is 9.61. The molecule has 0 saturated carbocycles. The normalized spacial score (nSPS) is 12.1. The van der Waals surface area contributed by atoms with Crippen LogP contribution in [-0.2, 0) is 0 Å². The molecule has 0 radical (unpaired) electrons. The number of alkyl halides is 1. The van der Waals surface area contributed by atoms with Gasteiger partial charge in [0.2, 0.25) is 0 Å². The molecule has 1 aromatic rings. The Labute approximate surface area is 93.3 Å². The lowest BCUT2D eigenvalue weighted by molar-refractivity contribution is 0.758. The number of aromatic nitrogens is 1. The van der Waals surface area contributed by atoms with E-state index in [-0.39, 0.29) is 0 Å². The summed E-state index contributed by atoms with van der Waals surface area (Å²) in [4.78, 5) is 4.15. The molecule has 0 bridgehead atoms. The van der Waals surface area contributed by atoms with E-state index in [1.807, 2.05) is 0 Å². The van der Waals surface area contributed by atoms with Crippen LogP contribution in [-0.4, -0.2) is 16.6 Å². The zero-order valence-corrected chi connectivity index (χ0v) is 9.48. The molecule has 2 nitrogen and oxygen atoms in total. The molecular formula is C10H11ClN2S. The van der Waals surface area contributed by atoms with E-state index in [2.05, 4.69) is 18.0 Å². The van der Waals surface area contributed by atoms with Gasteiger partial charge in [0, 0.05) is 17.8 Å². The Morgan fingerprint density at radius 1 is 1.71 bits per heavy atom. The highest BCUT2D eigenvalue weighted by molar-refractivity contribution is 7.99. The first-order valence-corrected chi connectivity index (χ1v) is 5.83. The van der Waals surface area contributed by atoms with Crippen LogP contribution in [0.2, 0.25) is 0 Å². The lowest BCUT2D eigenvalue weighted by atomic mass is 10.3. The largest absolute Gasteiger partial charge is 0.249 e. The van der Waals surface area contributed by atoms with Crippen molar-refractivity contribution < 1.29 is 0 Å². The van der Waals surface area contributed by atoms with Gasteiger partial charge >= 0.3 is 0 Å². The number of hydrogen-bond acceptors (Lipinski definition) is 3. The highest BCUT2D eigenvalue weighted by atomic mass is 35.5. The van der Waals surface area contributed by atoms with Gasteiger partial charge in [-0.3, -0.25) is 0 Å². The molecule has 0 aliphatic carbocycles. The van der Waals surface area contributed by atoms with Crippen molar-refractivity contribution in [2.24, 2.45) is 5.92 Å². The van der Waals surface area contributed by atoms with Crippen molar-refractivity contribution in [3.63, 3.8) is 0 Å². The van der Waals surface area contributed by atoms with Gasteiger partial charge in [0.15, 0.2) is 0 Å². The standard InChI is InChI=1S/C10H11ClN2S/c1-8(5-11)7-14-10-9(6-12)3-2-4-13-10/h2-4,8H,5,7H2,1H3. The molecule has 14 heavy (non-hydrogen) atoms. The van der Waals surface area contributed by atoms with E-state index in [4.69, 9.17) is 16.9 Å². The lowest BCUT2D eigenvalue weighted by Gasteiger charge is -2.06. The molecule has 0 amide bonds. The molecule has 0 aromatic carbocycles. The Morgan fingerprint density at radius 2 is 2.50 bits per heavy atom. The number of hydrogen-bond donors (Lipinski definition) is 0. The zero-order chi connectivity index (χ0) is 10.4. The molecule has 1 heterocycles. The van der Waals surface area contributed by atoms with E-state index in [1.165, 1.54) is 0 Å². The van der Waals surface area contributed by atoms with Crippen molar-refractivity contribution in [3.05, 3.63) is 23.9 Å². The van der Waals surface area contributed by atoms with Gasteiger partial charge in [-0.2, -0.15) is 5.26 Å². The van der Waals surface area contributed by atoms with Crippen LogP contribution in [0, 0.1) is 17.2 Å². The summed E-state index contributed by atoms with van der Waals surface area (Å²) in [5.41, 5.74) is 0.638. The molecule has 1 rings (SSSR count). The molecule has 1 unspecified atom stereocenters. The van der Waals surface area contributed by atoms with Crippen LogP contribution in [0.4, 0.5) is 0 Å². The minimum Gasteiger partial charge on any atom is -0.249 e. The third-order valence-corrected chi connectivity index (χ3v) is 3.52. The minimum absolute atomic E-state index is 0.440. The summed E-state index contributed by atoms with van der Waals surface area (Å²) in [7, 11) is 0. The van der Waals surface area contributed by atoms with Gasteiger partial charge in [-0.15, -0.1) is 23.4 Å². The van der Waals surface area contributed by atoms with Crippen LogP contribution in [0.15, 0.2) is 23.4 Å². The van der Waals surface area contributed by atoms with E-state index < -0.39 is 0 Å². The van der Waals surface area contributed by atoms with E-state index in [0.717, 1.165) is 10.8 Å². The summed E-state index contributed by atoms with van der Waals surface area (Å²) >= 11 is 7.28. The quantitative estimate of drug-likeness (QED) is 0.585. The lowest BCUT2D eigenvalue weighted by Crippen LogP contribution is -2.00. The van der Waals surface area contributed by atoms with E-state index >= 15 is 0 Å². The smallest absolute Gasteiger partial charge is 0.114 e. The number of pyridine rings is 1. The number of nitrogens with zero attached hydrogens (tertiary/aromatic N) is 2. The highest BCUT2D eigenvalue weighted by Gasteiger charge is 2.06. The predicted octanol–water partition coefficient (Wildman–Crippen LogP) is 2.92. The van der Waals surface area contributed by atoms with Crippen molar-refractivity contribution in [3.8, 4) is 6.07 Å². The maximum atomic E-state index is 8.81. The van der Waals surface area contributed by atoms with Crippen LogP contribution in [0.3, 0.4) is 0 Å². The third-order valence-electron chi connectivity index (χ3n) is 1.66. The summed E-state index contributed by atoms with van der Waals surface area (Å²) in [6, 6.07) is 5.67. The second-order valence-electron chi connectivity index (χ2n) is 3.04. The first-order chi connectivity index (χ1) is 6.77. The van der Waals surface area contributed by atoms with Gasteiger partial charge in [0.25, 0.3) is 0 Å². The predicted molar refractivity (Wildman–Crippen MR) is 59.6 cm³/mol. The minimum atomic E-state index is 0.440. The van der Waals surface area contributed by atoms with Crippen LogP contribution >= 0.6 is 23.4 Å². The maximum absolute atomic E-state index is 8.81. The molecule has 0 aliphatic rings. The zero-order valence-electron chi connectivity index (χ0n) is 7.90. The molecule has 74 valence electrons. The summed E-state index contributed by atoms with van der Waals surface area (Å²) in [6.45, 7) is 2.08. The summed E-state index contributed by atoms with van der Waals surface area (Å²) in [6.07, 6.45) is 1.70. The number of rotatable bonds is 4. The Bertz CT molecular complexity index is 335. The van der Waals surface area contributed by atoms with Crippen LogP contribution in [0.1, 0.15) is 12.5 Å². The maximum Gasteiger partial charge on any atom is 0.114 e. The van der Waals surface area contributed by atoms with Gasteiger partial charge in [0.1, 0.15) is 11.1 Å². The topological polar surface area (TPSA) is 36.7 Å². The SMILES string of the molecule is CC(CCl)CSc1ncccc1C#N. The van der Waals surface area contributed by atoms with Crippen molar-refractivity contribution in [2.45, 2.75) is 11.9 Å². The van der Waals surface area contributed by atoms with Crippen molar-refractivity contribution in [1.29, 1.82) is 5.26 Å². The molecule has 0 aliphatic heterocycles. The fourth-order valence-corrected chi connectivity index (χ4v) is 2.06. The van der Waals surface area contributed by atoms with Crippen molar-refractivity contribution in [2.75, 3.05) is 11.6 Å². The molecule has 0 N–H and O–H groups in total. The van der Waals surface area contributed by atoms with Gasteiger partial charge < -0.3 is 0 Å². The van der Waals surface area contributed by atoms with Crippen LogP contribution < -0.4 is 0 Å². The molecule has 1 atom stereocenters. The van der Waals surface area contributed by atoms with Crippen molar-refractivity contribution in [1.82, 2.24) is 4.98 Å². The Kier molecular flexibility index (Phi) is 4.78. The van der Waals surface area contributed by atoms with Gasteiger partial charge in [-0.1, -0.05) is 6.92 Å². The first kappa shape index (κ1) is 11.4. The van der Waals surface area contributed by atoms with Crippen LogP contribution in [0.5, 0.6) is 0 Å². The van der Waals surface area contributed by atoms with E-state index in [0.29, 0.717) is 17.4 Å². The molecular weight excluding hydrogens is 216 g/mol. The monoisotopic (exact) mass is 226 g/mol. The number of halogens is 1.